The standard InChI is InChI=1S/C9H16N2O4/c1-2-10-9(14)7-6-15-4-3-11(7)5-8(12)13/h7H,2-6H2,1H3,(H,10,14)(H,12,13). The minimum Gasteiger partial charge on any atom is -0.480 e. The molecule has 2 N–H and O–H groups in total. The van der Waals surface area contributed by atoms with E-state index in [1.165, 1.54) is 0 Å². The molecule has 1 rings (SSSR count). The molecule has 0 radical (unpaired) electrons. The highest BCUT2D eigenvalue weighted by atomic mass is 16.5. The highest BCUT2D eigenvalue weighted by molar-refractivity contribution is 5.82. The molecule has 1 unspecified atom stereocenters. The second-order valence-electron chi connectivity index (χ2n) is 3.35. The SMILES string of the molecule is CCNC(=O)C1COCCN1CC(=O)O. The molecule has 0 aromatic rings. The lowest BCUT2D eigenvalue weighted by Crippen LogP contribution is -2.55. The van der Waals surface area contributed by atoms with Crippen molar-refractivity contribution in [3.63, 3.8) is 0 Å². The van der Waals surface area contributed by atoms with Gasteiger partial charge in [0.05, 0.1) is 19.8 Å². The van der Waals surface area contributed by atoms with Gasteiger partial charge < -0.3 is 15.2 Å². The summed E-state index contributed by atoms with van der Waals surface area (Å²) >= 11 is 0. The second-order valence-corrected chi connectivity index (χ2v) is 3.35. The molecule has 1 fully saturated rings. The van der Waals surface area contributed by atoms with Crippen molar-refractivity contribution in [2.75, 3.05) is 32.8 Å². The van der Waals surface area contributed by atoms with E-state index >= 15 is 0 Å². The van der Waals surface area contributed by atoms with Crippen LogP contribution in [0, 0.1) is 0 Å². The maximum absolute atomic E-state index is 11.6. The van der Waals surface area contributed by atoms with Gasteiger partial charge in [0, 0.05) is 13.1 Å². The number of aliphatic carboxylic acids is 1. The van der Waals surface area contributed by atoms with E-state index in [-0.39, 0.29) is 19.1 Å². The Kier molecular flexibility index (Phi) is 4.51. The zero-order chi connectivity index (χ0) is 11.3. The summed E-state index contributed by atoms with van der Waals surface area (Å²) in [6.07, 6.45) is 0. The Morgan fingerprint density at radius 3 is 2.93 bits per heavy atom. The van der Waals surface area contributed by atoms with Gasteiger partial charge in [-0.2, -0.15) is 0 Å². The summed E-state index contributed by atoms with van der Waals surface area (Å²) in [5, 5.41) is 11.3. The number of likely N-dealkylation sites (N-methyl/N-ethyl adjacent to an activating group) is 1. The van der Waals surface area contributed by atoms with Crippen LogP contribution < -0.4 is 5.32 Å². The van der Waals surface area contributed by atoms with Crippen molar-refractivity contribution >= 4 is 11.9 Å². The number of nitrogens with zero attached hydrogens (tertiary/aromatic N) is 1. The van der Waals surface area contributed by atoms with Gasteiger partial charge in [-0.15, -0.1) is 0 Å². The van der Waals surface area contributed by atoms with E-state index in [1.54, 1.807) is 4.90 Å². The number of hydrogen-bond donors (Lipinski definition) is 2. The highest BCUT2D eigenvalue weighted by Gasteiger charge is 2.30. The third kappa shape index (κ3) is 3.49. The molecule has 0 bridgehead atoms. The van der Waals surface area contributed by atoms with Gasteiger partial charge >= 0.3 is 5.97 Å². The monoisotopic (exact) mass is 216 g/mol. The molecule has 86 valence electrons. The van der Waals surface area contributed by atoms with Crippen LogP contribution in [0.1, 0.15) is 6.92 Å². The van der Waals surface area contributed by atoms with Gasteiger partial charge in [0.15, 0.2) is 0 Å². The number of hydrogen-bond acceptors (Lipinski definition) is 4. The van der Waals surface area contributed by atoms with Crippen molar-refractivity contribution in [1.82, 2.24) is 10.2 Å². The van der Waals surface area contributed by atoms with Crippen LogP contribution in [0.15, 0.2) is 0 Å². The highest BCUT2D eigenvalue weighted by Crippen LogP contribution is 2.06. The van der Waals surface area contributed by atoms with E-state index in [2.05, 4.69) is 5.32 Å². The smallest absolute Gasteiger partial charge is 0.317 e. The molecule has 0 spiro atoms. The van der Waals surface area contributed by atoms with E-state index in [9.17, 15) is 9.59 Å². The number of rotatable bonds is 4. The predicted molar refractivity (Wildman–Crippen MR) is 52.5 cm³/mol. The molecule has 0 aliphatic carbocycles. The lowest BCUT2D eigenvalue weighted by atomic mass is 10.2. The van der Waals surface area contributed by atoms with Crippen molar-refractivity contribution in [3.8, 4) is 0 Å². The van der Waals surface area contributed by atoms with Crippen molar-refractivity contribution in [3.05, 3.63) is 0 Å². The number of carbonyl (C=O) groups is 2. The largest absolute Gasteiger partial charge is 0.480 e. The van der Waals surface area contributed by atoms with E-state index in [0.29, 0.717) is 19.7 Å². The number of carbonyl (C=O) groups excluding carboxylic acids is 1. The van der Waals surface area contributed by atoms with Crippen LogP contribution in [0.25, 0.3) is 0 Å². The van der Waals surface area contributed by atoms with E-state index in [4.69, 9.17) is 9.84 Å². The number of ether oxygens (including phenoxy) is 1. The lowest BCUT2D eigenvalue weighted by molar-refractivity contribution is -0.143. The number of morpholine rings is 1. The average molecular weight is 216 g/mol. The molecule has 1 saturated heterocycles. The van der Waals surface area contributed by atoms with Gasteiger partial charge in [-0.05, 0) is 6.92 Å². The summed E-state index contributed by atoms with van der Waals surface area (Å²) in [5.74, 6) is -1.09. The van der Waals surface area contributed by atoms with Crippen molar-refractivity contribution in [2.45, 2.75) is 13.0 Å². The molecule has 0 saturated carbocycles. The minimum atomic E-state index is -0.925. The van der Waals surface area contributed by atoms with Crippen LogP contribution in [-0.4, -0.2) is 60.8 Å². The van der Waals surface area contributed by atoms with E-state index < -0.39 is 12.0 Å². The Morgan fingerprint density at radius 1 is 1.60 bits per heavy atom. The topological polar surface area (TPSA) is 78.9 Å². The van der Waals surface area contributed by atoms with Crippen molar-refractivity contribution in [1.29, 1.82) is 0 Å². The van der Waals surface area contributed by atoms with Gasteiger partial charge in [0.25, 0.3) is 0 Å². The van der Waals surface area contributed by atoms with Crippen LogP contribution in [0.3, 0.4) is 0 Å². The minimum absolute atomic E-state index is 0.120. The summed E-state index contributed by atoms with van der Waals surface area (Å²) in [7, 11) is 0. The summed E-state index contributed by atoms with van der Waals surface area (Å²) < 4.78 is 5.17. The van der Waals surface area contributed by atoms with Crippen molar-refractivity contribution in [2.24, 2.45) is 0 Å². The Hall–Kier alpha value is -1.14. The van der Waals surface area contributed by atoms with Crippen LogP contribution >= 0.6 is 0 Å². The fourth-order valence-electron chi connectivity index (χ4n) is 1.53. The van der Waals surface area contributed by atoms with Crippen molar-refractivity contribution < 1.29 is 19.4 Å². The number of carboxylic acid groups (broad SMARTS) is 1. The first kappa shape index (κ1) is 11.9. The van der Waals surface area contributed by atoms with Crippen LogP contribution in [0.4, 0.5) is 0 Å². The summed E-state index contributed by atoms with van der Waals surface area (Å²) in [6.45, 7) is 3.46. The van der Waals surface area contributed by atoms with E-state index in [0.717, 1.165) is 0 Å². The molecule has 1 heterocycles. The van der Waals surface area contributed by atoms with E-state index in [1.807, 2.05) is 6.92 Å². The molecule has 6 nitrogen and oxygen atoms in total. The second kappa shape index (κ2) is 5.67. The quantitative estimate of drug-likeness (QED) is 0.624. The summed E-state index contributed by atoms with van der Waals surface area (Å²) in [5.41, 5.74) is 0. The maximum Gasteiger partial charge on any atom is 0.317 e. The molecular weight excluding hydrogens is 200 g/mol. The first-order chi connectivity index (χ1) is 7.15. The van der Waals surface area contributed by atoms with Crippen LogP contribution in [0.5, 0.6) is 0 Å². The fourth-order valence-corrected chi connectivity index (χ4v) is 1.53. The molecular formula is C9H16N2O4. The first-order valence-corrected chi connectivity index (χ1v) is 4.96. The molecule has 15 heavy (non-hydrogen) atoms. The zero-order valence-electron chi connectivity index (χ0n) is 8.73. The molecule has 1 atom stereocenters. The third-order valence-electron chi connectivity index (χ3n) is 2.23. The average Bonchev–Trinajstić information content (AvgIpc) is 2.18. The summed E-state index contributed by atoms with van der Waals surface area (Å²) in [6, 6.07) is -0.477. The zero-order valence-corrected chi connectivity index (χ0v) is 8.73. The van der Waals surface area contributed by atoms with Gasteiger partial charge in [-0.3, -0.25) is 14.5 Å². The lowest BCUT2D eigenvalue weighted by Gasteiger charge is -2.33. The summed E-state index contributed by atoms with van der Waals surface area (Å²) in [4.78, 5) is 23.8. The van der Waals surface area contributed by atoms with Gasteiger partial charge in [-0.1, -0.05) is 0 Å². The molecule has 0 aromatic heterocycles. The molecule has 1 aliphatic rings. The molecule has 0 aromatic carbocycles. The van der Waals surface area contributed by atoms with Crippen LogP contribution in [0.2, 0.25) is 0 Å². The molecule has 1 amide bonds. The molecule has 1 aliphatic heterocycles. The predicted octanol–water partition coefficient (Wildman–Crippen LogP) is -1.09. The Balaban J connectivity index is 2.56. The number of nitrogens with one attached hydrogen (secondary N) is 1. The third-order valence-corrected chi connectivity index (χ3v) is 2.23. The Morgan fingerprint density at radius 2 is 2.33 bits per heavy atom. The van der Waals surface area contributed by atoms with Crippen LogP contribution in [-0.2, 0) is 14.3 Å². The first-order valence-electron chi connectivity index (χ1n) is 4.96. The fraction of sp³-hybridized carbons (Fsp3) is 0.778. The Labute approximate surface area is 88.2 Å². The van der Waals surface area contributed by atoms with Gasteiger partial charge in [0.2, 0.25) is 5.91 Å². The number of amides is 1. The molecule has 6 heteroatoms. The Bertz CT molecular complexity index is 244. The maximum atomic E-state index is 11.6. The van der Waals surface area contributed by atoms with Gasteiger partial charge in [0.1, 0.15) is 6.04 Å². The number of carboxylic acids is 1. The normalized spacial score (nSPS) is 22.3. The van der Waals surface area contributed by atoms with Gasteiger partial charge in [-0.25, -0.2) is 0 Å².